The molecule has 0 spiro atoms. The molecule has 0 fully saturated rings. The Hall–Kier alpha value is -2.73. The molecule has 0 aliphatic carbocycles. The average Bonchev–Trinajstić information content (AvgIpc) is 2.60. The number of carbonyl (C=O) groups is 2. The van der Waals surface area contributed by atoms with E-state index in [2.05, 4.69) is 5.32 Å². The van der Waals surface area contributed by atoms with Gasteiger partial charge >= 0.3 is 0 Å². The summed E-state index contributed by atoms with van der Waals surface area (Å²) in [5.74, 6) is -0.496. The van der Waals surface area contributed by atoms with E-state index in [9.17, 15) is 9.59 Å². The van der Waals surface area contributed by atoms with Crippen LogP contribution in [0.1, 0.15) is 15.9 Å². The predicted molar refractivity (Wildman–Crippen MR) is 95.2 cm³/mol. The van der Waals surface area contributed by atoms with E-state index in [1.54, 1.807) is 0 Å². The Morgan fingerprint density at radius 3 is 2.56 bits per heavy atom. The Morgan fingerprint density at radius 2 is 1.92 bits per heavy atom. The van der Waals surface area contributed by atoms with Crippen LogP contribution in [0.15, 0.2) is 42.5 Å². The largest absolute Gasteiger partial charge is 0.493 e. The molecular weight excluding hydrogens is 344 g/mol. The summed E-state index contributed by atoms with van der Waals surface area (Å²) in [5.41, 5.74) is 6.52. The van der Waals surface area contributed by atoms with Gasteiger partial charge in [0.05, 0.1) is 12.1 Å². The summed E-state index contributed by atoms with van der Waals surface area (Å²) in [7, 11) is 1.42. The maximum Gasteiger partial charge on any atom is 0.255 e. The zero-order valence-corrected chi connectivity index (χ0v) is 14.5. The number of rotatable bonds is 8. The standard InChI is InChI=1S/C18H19ClN2O4/c1-24-15-10-13(9-14(19)17(15)25-11-16(20)22)18(23)21-8-7-12-5-3-2-4-6-12/h2-6,9-10H,7-8,11H2,1H3,(H2,20,22)(H,21,23). The number of nitrogens with one attached hydrogen (secondary N) is 1. The molecule has 2 amide bonds. The first kappa shape index (κ1) is 18.6. The van der Waals surface area contributed by atoms with Crippen LogP contribution in [0.2, 0.25) is 5.02 Å². The van der Waals surface area contributed by atoms with E-state index < -0.39 is 5.91 Å². The average molecular weight is 363 g/mol. The highest BCUT2D eigenvalue weighted by Crippen LogP contribution is 2.36. The summed E-state index contributed by atoms with van der Waals surface area (Å²) in [6.45, 7) is 0.154. The van der Waals surface area contributed by atoms with Gasteiger partial charge in [-0.25, -0.2) is 0 Å². The second-order valence-electron chi connectivity index (χ2n) is 5.24. The molecule has 0 aliphatic heterocycles. The van der Waals surface area contributed by atoms with Crippen LogP contribution in [0.3, 0.4) is 0 Å². The first-order valence-electron chi connectivity index (χ1n) is 7.62. The minimum atomic E-state index is -0.638. The molecule has 2 aromatic carbocycles. The van der Waals surface area contributed by atoms with E-state index in [4.69, 9.17) is 26.8 Å². The molecule has 0 bridgehead atoms. The van der Waals surface area contributed by atoms with Crippen molar-refractivity contribution in [3.05, 3.63) is 58.6 Å². The molecule has 2 rings (SSSR count). The molecule has 0 saturated heterocycles. The van der Waals surface area contributed by atoms with Crippen molar-refractivity contribution >= 4 is 23.4 Å². The molecule has 0 unspecified atom stereocenters. The third kappa shape index (κ3) is 5.39. The van der Waals surface area contributed by atoms with Gasteiger partial charge < -0.3 is 20.5 Å². The maximum absolute atomic E-state index is 12.3. The van der Waals surface area contributed by atoms with Crippen LogP contribution in [0.5, 0.6) is 11.5 Å². The minimum absolute atomic E-state index is 0.161. The topological polar surface area (TPSA) is 90.7 Å². The predicted octanol–water partition coefficient (Wildman–Crippen LogP) is 2.19. The van der Waals surface area contributed by atoms with Gasteiger partial charge in [-0.05, 0) is 24.1 Å². The fourth-order valence-electron chi connectivity index (χ4n) is 2.20. The summed E-state index contributed by atoms with van der Waals surface area (Å²) in [4.78, 5) is 23.1. The number of primary amides is 1. The number of nitrogens with two attached hydrogens (primary N) is 1. The Labute approximate surface area is 150 Å². The number of hydrogen-bond donors (Lipinski definition) is 2. The van der Waals surface area contributed by atoms with Crippen LogP contribution < -0.4 is 20.5 Å². The summed E-state index contributed by atoms with van der Waals surface area (Å²) in [6, 6.07) is 12.8. The van der Waals surface area contributed by atoms with E-state index in [1.807, 2.05) is 30.3 Å². The molecule has 3 N–H and O–H groups in total. The smallest absolute Gasteiger partial charge is 0.255 e. The lowest BCUT2D eigenvalue weighted by molar-refractivity contribution is -0.119. The van der Waals surface area contributed by atoms with E-state index in [0.29, 0.717) is 12.1 Å². The number of carbonyl (C=O) groups excluding carboxylic acids is 2. The van der Waals surface area contributed by atoms with Crippen molar-refractivity contribution in [2.24, 2.45) is 5.73 Å². The van der Waals surface area contributed by atoms with Gasteiger partial charge in [-0.1, -0.05) is 41.9 Å². The van der Waals surface area contributed by atoms with Crippen molar-refractivity contribution in [1.82, 2.24) is 5.32 Å². The van der Waals surface area contributed by atoms with Crippen molar-refractivity contribution in [3.63, 3.8) is 0 Å². The molecule has 0 aromatic heterocycles. The van der Waals surface area contributed by atoms with Gasteiger partial charge in [0.25, 0.3) is 11.8 Å². The van der Waals surface area contributed by atoms with Crippen LogP contribution in [-0.4, -0.2) is 32.1 Å². The normalized spacial score (nSPS) is 10.2. The lowest BCUT2D eigenvalue weighted by Crippen LogP contribution is -2.26. The number of amides is 2. The van der Waals surface area contributed by atoms with E-state index in [-0.39, 0.29) is 29.0 Å². The molecule has 0 atom stereocenters. The Bertz CT molecular complexity index is 750. The second-order valence-corrected chi connectivity index (χ2v) is 5.64. The van der Waals surface area contributed by atoms with Gasteiger partial charge in [-0.2, -0.15) is 0 Å². The van der Waals surface area contributed by atoms with Crippen LogP contribution >= 0.6 is 11.6 Å². The van der Waals surface area contributed by atoms with Gasteiger partial charge in [0.15, 0.2) is 18.1 Å². The van der Waals surface area contributed by atoms with Crippen LogP contribution in [-0.2, 0) is 11.2 Å². The van der Waals surface area contributed by atoms with Crippen LogP contribution in [0.25, 0.3) is 0 Å². The number of methoxy groups -OCH3 is 1. The second kappa shape index (κ2) is 8.94. The highest BCUT2D eigenvalue weighted by Gasteiger charge is 2.16. The Balaban J connectivity index is 2.04. The molecule has 0 saturated carbocycles. The maximum atomic E-state index is 12.3. The van der Waals surface area contributed by atoms with Gasteiger partial charge in [-0.15, -0.1) is 0 Å². The Kier molecular flexibility index (Phi) is 6.65. The quantitative estimate of drug-likeness (QED) is 0.753. The molecule has 2 aromatic rings. The molecule has 0 heterocycles. The van der Waals surface area contributed by atoms with E-state index in [1.165, 1.54) is 19.2 Å². The van der Waals surface area contributed by atoms with Crippen molar-refractivity contribution in [3.8, 4) is 11.5 Å². The molecular formula is C18H19ClN2O4. The summed E-state index contributed by atoms with van der Waals surface area (Å²) in [5, 5.41) is 2.99. The highest BCUT2D eigenvalue weighted by atomic mass is 35.5. The van der Waals surface area contributed by atoms with Gasteiger partial charge in [0.2, 0.25) is 0 Å². The lowest BCUT2D eigenvalue weighted by atomic mass is 10.1. The minimum Gasteiger partial charge on any atom is -0.493 e. The number of hydrogen-bond acceptors (Lipinski definition) is 4. The highest BCUT2D eigenvalue weighted by molar-refractivity contribution is 6.32. The Morgan fingerprint density at radius 1 is 1.20 bits per heavy atom. The van der Waals surface area contributed by atoms with Crippen molar-refractivity contribution in [2.75, 3.05) is 20.3 Å². The molecule has 7 heteroatoms. The molecule has 6 nitrogen and oxygen atoms in total. The van der Waals surface area contributed by atoms with Gasteiger partial charge in [0.1, 0.15) is 0 Å². The summed E-state index contributed by atoms with van der Waals surface area (Å²) >= 11 is 6.13. The first-order chi connectivity index (χ1) is 12.0. The number of ether oxygens (including phenoxy) is 2. The van der Waals surface area contributed by atoms with Crippen LogP contribution in [0.4, 0.5) is 0 Å². The molecule has 0 aliphatic rings. The monoisotopic (exact) mass is 362 g/mol. The van der Waals surface area contributed by atoms with Gasteiger partial charge in [0, 0.05) is 12.1 Å². The summed E-state index contributed by atoms with van der Waals surface area (Å²) in [6.07, 6.45) is 0.719. The SMILES string of the molecule is COc1cc(C(=O)NCCc2ccccc2)cc(Cl)c1OCC(N)=O. The summed E-state index contributed by atoms with van der Waals surface area (Å²) < 4.78 is 10.4. The van der Waals surface area contributed by atoms with E-state index in [0.717, 1.165) is 12.0 Å². The molecule has 132 valence electrons. The molecule has 0 radical (unpaired) electrons. The van der Waals surface area contributed by atoms with Gasteiger partial charge in [-0.3, -0.25) is 9.59 Å². The van der Waals surface area contributed by atoms with Crippen LogP contribution in [0, 0.1) is 0 Å². The molecule has 25 heavy (non-hydrogen) atoms. The third-order valence-electron chi connectivity index (χ3n) is 3.39. The zero-order chi connectivity index (χ0) is 18.2. The fraction of sp³-hybridized carbons (Fsp3) is 0.222. The third-order valence-corrected chi connectivity index (χ3v) is 3.67. The van der Waals surface area contributed by atoms with Crippen molar-refractivity contribution in [2.45, 2.75) is 6.42 Å². The van der Waals surface area contributed by atoms with Crippen molar-refractivity contribution in [1.29, 1.82) is 0 Å². The lowest BCUT2D eigenvalue weighted by Gasteiger charge is -2.13. The zero-order valence-electron chi connectivity index (χ0n) is 13.8. The fourth-order valence-corrected chi connectivity index (χ4v) is 2.47. The van der Waals surface area contributed by atoms with Crippen molar-refractivity contribution < 1.29 is 19.1 Å². The number of benzene rings is 2. The number of halogens is 1. The van der Waals surface area contributed by atoms with E-state index >= 15 is 0 Å². The first-order valence-corrected chi connectivity index (χ1v) is 8.00.